The van der Waals surface area contributed by atoms with Crippen molar-refractivity contribution < 1.29 is 9.53 Å². The number of hydrogen-bond acceptors (Lipinski definition) is 4. The predicted molar refractivity (Wildman–Crippen MR) is 67.8 cm³/mol. The van der Waals surface area contributed by atoms with Crippen LogP contribution in [0.2, 0.25) is 0 Å². The highest BCUT2D eigenvalue weighted by molar-refractivity contribution is 5.81. The van der Waals surface area contributed by atoms with Gasteiger partial charge in [0.1, 0.15) is 6.10 Å². The number of nitrogens with one attached hydrogen (secondary N) is 1. The molecule has 5 heteroatoms. The Kier molecular flexibility index (Phi) is 4.28. The fourth-order valence-electron chi connectivity index (χ4n) is 2.05. The number of carbonyl (C=O) groups excluding carboxylic acids is 1. The summed E-state index contributed by atoms with van der Waals surface area (Å²) >= 11 is 0. The van der Waals surface area contributed by atoms with Crippen LogP contribution in [0, 0.1) is 6.92 Å². The van der Waals surface area contributed by atoms with Crippen LogP contribution in [0.5, 0.6) is 0 Å². The first kappa shape index (κ1) is 13.0. The lowest BCUT2D eigenvalue weighted by atomic mass is 10.1. The van der Waals surface area contributed by atoms with Crippen molar-refractivity contribution in [3.8, 4) is 0 Å². The molecule has 1 aliphatic rings. The molecule has 0 aromatic carbocycles. The van der Waals surface area contributed by atoms with Crippen molar-refractivity contribution in [1.29, 1.82) is 0 Å². The zero-order valence-corrected chi connectivity index (χ0v) is 10.6. The number of nitrogens with two attached hydrogens (primary N) is 1. The van der Waals surface area contributed by atoms with Crippen molar-refractivity contribution in [2.24, 2.45) is 5.73 Å². The maximum atomic E-state index is 11.9. The van der Waals surface area contributed by atoms with Crippen LogP contribution in [0.3, 0.4) is 0 Å². The lowest BCUT2D eigenvalue weighted by molar-refractivity contribution is -0.132. The highest BCUT2D eigenvalue weighted by Crippen LogP contribution is 2.19. The number of pyridine rings is 1. The largest absolute Gasteiger partial charge is 0.364 e. The van der Waals surface area contributed by atoms with Gasteiger partial charge in [-0.05, 0) is 37.0 Å². The molecular formula is C13H19N3O2. The molecule has 1 aliphatic heterocycles. The average Bonchev–Trinajstić information content (AvgIpc) is 2.86. The molecule has 2 heterocycles. The van der Waals surface area contributed by atoms with Crippen LogP contribution in [-0.4, -0.2) is 29.6 Å². The Labute approximate surface area is 107 Å². The Bertz CT molecular complexity index is 422. The molecule has 2 unspecified atom stereocenters. The average molecular weight is 249 g/mol. The summed E-state index contributed by atoms with van der Waals surface area (Å²) in [7, 11) is 0. The molecule has 0 radical (unpaired) electrons. The van der Waals surface area contributed by atoms with Crippen LogP contribution in [0.1, 0.15) is 24.0 Å². The maximum Gasteiger partial charge on any atom is 0.249 e. The molecule has 3 N–H and O–H groups in total. The van der Waals surface area contributed by atoms with Crippen LogP contribution in [0.15, 0.2) is 18.5 Å². The van der Waals surface area contributed by atoms with E-state index < -0.39 is 0 Å². The Morgan fingerprint density at radius 2 is 2.44 bits per heavy atom. The number of nitrogens with zero attached hydrogens (tertiary/aromatic N) is 1. The molecule has 98 valence electrons. The molecule has 2 atom stereocenters. The first-order valence-corrected chi connectivity index (χ1v) is 6.23. The van der Waals surface area contributed by atoms with Gasteiger partial charge in [-0.25, -0.2) is 0 Å². The normalized spacial score (nSPS) is 23.0. The molecule has 1 saturated heterocycles. The lowest BCUT2D eigenvalue weighted by Crippen LogP contribution is -2.35. The van der Waals surface area contributed by atoms with Gasteiger partial charge in [-0.15, -0.1) is 0 Å². The van der Waals surface area contributed by atoms with Crippen LogP contribution < -0.4 is 11.1 Å². The number of amides is 1. The zero-order valence-electron chi connectivity index (χ0n) is 10.6. The number of ether oxygens (including phenoxy) is 1. The molecule has 0 bridgehead atoms. The van der Waals surface area contributed by atoms with Crippen molar-refractivity contribution in [2.45, 2.75) is 38.5 Å². The topological polar surface area (TPSA) is 77.2 Å². The molecule has 1 aromatic heterocycles. The van der Waals surface area contributed by atoms with Gasteiger partial charge < -0.3 is 15.8 Å². The van der Waals surface area contributed by atoms with Crippen LogP contribution >= 0.6 is 0 Å². The smallest absolute Gasteiger partial charge is 0.249 e. The molecule has 1 aromatic rings. The highest BCUT2D eigenvalue weighted by atomic mass is 16.5. The van der Waals surface area contributed by atoms with Crippen LogP contribution in [0.4, 0.5) is 0 Å². The zero-order chi connectivity index (χ0) is 13.0. The third kappa shape index (κ3) is 3.05. The van der Waals surface area contributed by atoms with E-state index in [0.717, 1.165) is 24.0 Å². The molecule has 1 amide bonds. The monoisotopic (exact) mass is 249 g/mol. The van der Waals surface area contributed by atoms with Gasteiger partial charge in [0.15, 0.2) is 0 Å². The van der Waals surface area contributed by atoms with E-state index in [1.807, 2.05) is 13.0 Å². The summed E-state index contributed by atoms with van der Waals surface area (Å²) in [6.45, 7) is 2.97. The number of aryl methyl sites for hydroxylation is 1. The standard InChI is InChI=1S/C13H19N3O2/c1-9-4-5-15-7-10(9)8-16-13(17)12-3-2-11(6-14)18-12/h4-5,7,11-12H,2-3,6,8,14H2,1H3,(H,16,17). The second kappa shape index (κ2) is 5.93. The molecule has 0 spiro atoms. The number of rotatable bonds is 4. The molecule has 0 aliphatic carbocycles. The van der Waals surface area contributed by atoms with Crippen molar-refractivity contribution in [3.63, 3.8) is 0 Å². The SMILES string of the molecule is Cc1ccncc1CNC(=O)C1CCC(CN)O1. The van der Waals surface area contributed by atoms with Gasteiger partial charge in [0.05, 0.1) is 6.10 Å². The van der Waals surface area contributed by atoms with Crippen molar-refractivity contribution in [3.05, 3.63) is 29.6 Å². The molecule has 18 heavy (non-hydrogen) atoms. The van der Waals surface area contributed by atoms with Gasteiger partial charge in [-0.2, -0.15) is 0 Å². The summed E-state index contributed by atoms with van der Waals surface area (Å²) in [4.78, 5) is 15.9. The Balaban J connectivity index is 1.84. The van der Waals surface area contributed by atoms with Crippen molar-refractivity contribution >= 4 is 5.91 Å². The number of carbonyl (C=O) groups is 1. The van der Waals surface area contributed by atoms with Gasteiger partial charge in [-0.3, -0.25) is 9.78 Å². The third-order valence-corrected chi connectivity index (χ3v) is 3.26. The van der Waals surface area contributed by atoms with E-state index in [0.29, 0.717) is 13.1 Å². The Hall–Kier alpha value is -1.46. The number of aromatic nitrogens is 1. The predicted octanol–water partition coefficient (Wildman–Crippen LogP) is 0.513. The van der Waals surface area contributed by atoms with Crippen LogP contribution in [-0.2, 0) is 16.1 Å². The van der Waals surface area contributed by atoms with Crippen LogP contribution in [0.25, 0.3) is 0 Å². The Morgan fingerprint density at radius 3 is 3.11 bits per heavy atom. The minimum atomic E-state index is -0.351. The van der Waals surface area contributed by atoms with Gasteiger partial charge in [-0.1, -0.05) is 0 Å². The van der Waals surface area contributed by atoms with Gasteiger partial charge >= 0.3 is 0 Å². The third-order valence-electron chi connectivity index (χ3n) is 3.26. The van der Waals surface area contributed by atoms with E-state index in [1.54, 1.807) is 12.4 Å². The summed E-state index contributed by atoms with van der Waals surface area (Å²) < 4.78 is 5.54. The Morgan fingerprint density at radius 1 is 1.61 bits per heavy atom. The highest BCUT2D eigenvalue weighted by Gasteiger charge is 2.29. The lowest BCUT2D eigenvalue weighted by Gasteiger charge is -2.13. The summed E-state index contributed by atoms with van der Waals surface area (Å²) in [5.41, 5.74) is 7.67. The number of hydrogen-bond donors (Lipinski definition) is 2. The van der Waals surface area contributed by atoms with Gasteiger partial charge in [0.2, 0.25) is 5.91 Å². The molecular weight excluding hydrogens is 230 g/mol. The second-order valence-electron chi connectivity index (χ2n) is 4.58. The van der Waals surface area contributed by atoms with Gasteiger partial charge in [0.25, 0.3) is 0 Å². The van der Waals surface area contributed by atoms with Crippen molar-refractivity contribution in [2.75, 3.05) is 6.54 Å². The van der Waals surface area contributed by atoms with E-state index in [2.05, 4.69) is 10.3 Å². The van der Waals surface area contributed by atoms with E-state index in [1.165, 1.54) is 0 Å². The summed E-state index contributed by atoms with van der Waals surface area (Å²) in [6.07, 6.45) is 4.80. The molecule has 1 fully saturated rings. The molecule has 2 rings (SSSR count). The molecule has 5 nitrogen and oxygen atoms in total. The fourth-order valence-corrected chi connectivity index (χ4v) is 2.05. The maximum absolute atomic E-state index is 11.9. The quantitative estimate of drug-likeness (QED) is 0.815. The second-order valence-corrected chi connectivity index (χ2v) is 4.58. The van der Waals surface area contributed by atoms with E-state index >= 15 is 0 Å². The van der Waals surface area contributed by atoms with E-state index in [9.17, 15) is 4.79 Å². The first-order chi connectivity index (χ1) is 8.70. The van der Waals surface area contributed by atoms with E-state index in [4.69, 9.17) is 10.5 Å². The van der Waals surface area contributed by atoms with Gasteiger partial charge in [0, 0.05) is 25.5 Å². The minimum Gasteiger partial charge on any atom is -0.364 e. The van der Waals surface area contributed by atoms with E-state index in [-0.39, 0.29) is 18.1 Å². The summed E-state index contributed by atoms with van der Waals surface area (Å²) in [5.74, 6) is -0.0609. The first-order valence-electron chi connectivity index (χ1n) is 6.23. The summed E-state index contributed by atoms with van der Waals surface area (Å²) in [5, 5.41) is 2.88. The van der Waals surface area contributed by atoms with Crippen molar-refractivity contribution in [1.82, 2.24) is 10.3 Å². The molecule has 0 saturated carbocycles. The fraction of sp³-hybridized carbons (Fsp3) is 0.538. The minimum absolute atomic E-state index is 0.0286. The summed E-state index contributed by atoms with van der Waals surface area (Å²) in [6, 6.07) is 1.93.